The van der Waals surface area contributed by atoms with Gasteiger partial charge in [-0.3, -0.25) is 0 Å². The van der Waals surface area contributed by atoms with E-state index in [0.717, 1.165) is 0 Å². The van der Waals surface area contributed by atoms with E-state index in [2.05, 4.69) is 10.2 Å². The fraction of sp³-hybridized carbons (Fsp3) is 0.778. The third-order valence-electron chi connectivity index (χ3n) is 2.90. The van der Waals surface area contributed by atoms with Crippen molar-refractivity contribution in [3.63, 3.8) is 0 Å². The summed E-state index contributed by atoms with van der Waals surface area (Å²) < 4.78 is 43.3. The molecule has 0 aromatic carbocycles. The van der Waals surface area contributed by atoms with Crippen LogP contribution >= 0.6 is 22.6 Å². The van der Waals surface area contributed by atoms with Crippen molar-refractivity contribution in [3.05, 3.63) is 9.79 Å². The second-order valence-corrected chi connectivity index (χ2v) is 4.92. The van der Waals surface area contributed by atoms with Crippen molar-refractivity contribution in [2.45, 2.75) is 37.8 Å². The highest BCUT2D eigenvalue weighted by Crippen LogP contribution is 2.43. The second kappa shape index (κ2) is 4.50. The highest BCUT2D eigenvalue weighted by Gasteiger charge is 2.43. The Morgan fingerprint density at radius 1 is 1.25 bits per heavy atom. The average molecular weight is 346 g/mol. The maximum atomic E-state index is 12.6. The molecular weight excluding hydrogens is 336 g/mol. The van der Waals surface area contributed by atoms with E-state index in [1.165, 1.54) is 0 Å². The van der Waals surface area contributed by atoms with Crippen molar-refractivity contribution >= 4 is 22.6 Å². The predicted molar refractivity (Wildman–Crippen MR) is 57.8 cm³/mol. The zero-order valence-corrected chi connectivity index (χ0v) is 10.5. The summed E-state index contributed by atoms with van der Waals surface area (Å²) in [4.78, 5) is 0. The molecule has 2 atom stereocenters. The molecule has 2 rings (SSSR count). The molecular formula is C9H10F3IN2O. The van der Waals surface area contributed by atoms with Crippen molar-refractivity contribution in [2.24, 2.45) is 5.92 Å². The average Bonchev–Trinajstić information content (AvgIpc) is 2.64. The third-order valence-corrected chi connectivity index (χ3v) is 3.34. The molecule has 0 bridgehead atoms. The van der Waals surface area contributed by atoms with Gasteiger partial charge in [0.1, 0.15) is 0 Å². The van der Waals surface area contributed by atoms with Crippen LogP contribution in [0.1, 0.15) is 37.5 Å². The summed E-state index contributed by atoms with van der Waals surface area (Å²) in [6.07, 6.45) is -2.56. The maximum absolute atomic E-state index is 12.6. The zero-order valence-electron chi connectivity index (χ0n) is 8.30. The van der Waals surface area contributed by atoms with Crippen LogP contribution in [-0.2, 0) is 0 Å². The Balaban J connectivity index is 2.07. The lowest BCUT2D eigenvalue weighted by atomic mass is 9.81. The first-order valence-electron chi connectivity index (χ1n) is 5.02. The standard InChI is InChI=1S/C9H10F3IN2O/c10-9(11,12)6-3-1-2-5(4-6)7-14-15-8(13)16-7/h5-6H,1-4H2. The Morgan fingerprint density at radius 2 is 2.00 bits per heavy atom. The molecule has 0 N–H and O–H groups in total. The van der Waals surface area contributed by atoms with E-state index in [9.17, 15) is 13.2 Å². The summed E-state index contributed by atoms with van der Waals surface area (Å²) in [6, 6.07) is 0. The largest absolute Gasteiger partial charge is 0.416 e. The summed E-state index contributed by atoms with van der Waals surface area (Å²) >= 11 is 1.86. The molecule has 0 radical (unpaired) electrons. The van der Waals surface area contributed by atoms with E-state index < -0.39 is 12.1 Å². The molecule has 1 saturated carbocycles. The number of rotatable bonds is 1. The predicted octanol–water partition coefficient (Wildman–Crippen LogP) is 3.51. The molecule has 7 heteroatoms. The number of aromatic nitrogens is 2. The summed E-state index contributed by atoms with van der Waals surface area (Å²) in [5, 5.41) is 7.43. The van der Waals surface area contributed by atoms with Crippen LogP contribution in [0.2, 0.25) is 0 Å². The van der Waals surface area contributed by atoms with Gasteiger partial charge in [0.2, 0.25) is 5.89 Å². The third kappa shape index (κ3) is 2.67. The van der Waals surface area contributed by atoms with Crippen molar-refractivity contribution < 1.29 is 17.6 Å². The molecule has 16 heavy (non-hydrogen) atoms. The Kier molecular flexibility index (Phi) is 3.41. The smallest absolute Gasteiger partial charge is 0.391 e. The molecule has 90 valence electrons. The van der Waals surface area contributed by atoms with E-state index in [1.54, 1.807) is 0 Å². The molecule has 0 saturated heterocycles. The number of hydrogen-bond donors (Lipinski definition) is 0. The van der Waals surface area contributed by atoms with Crippen LogP contribution < -0.4 is 0 Å². The highest BCUT2D eigenvalue weighted by molar-refractivity contribution is 14.1. The molecule has 3 nitrogen and oxygen atoms in total. The first-order valence-corrected chi connectivity index (χ1v) is 6.10. The summed E-state index contributed by atoms with van der Waals surface area (Å²) in [6.45, 7) is 0. The summed E-state index contributed by atoms with van der Waals surface area (Å²) in [5.41, 5.74) is 0. The Labute approximate surface area is 104 Å². The Morgan fingerprint density at radius 3 is 2.56 bits per heavy atom. The SMILES string of the molecule is FC(F)(F)C1CCCC(c2nnc(I)o2)C1. The zero-order chi connectivity index (χ0) is 11.8. The van der Waals surface area contributed by atoms with E-state index in [-0.39, 0.29) is 18.8 Å². The molecule has 2 unspecified atom stereocenters. The van der Waals surface area contributed by atoms with Gasteiger partial charge >= 0.3 is 6.18 Å². The normalized spacial score (nSPS) is 27.0. The van der Waals surface area contributed by atoms with Gasteiger partial charge in [-0.25, -0.2) is 0 Å². The molecule has 0 amide bonds. The van der Waals surface area contributed by atoms with Crippen molar-refractivity contribution in [3.8, 4) is 0 Å². The lowest BCUT2D eigenvalue weighted by Gasteiger charge is -2.28. The van der Waals surface area contributed by atoms with Crippen molar-refractivity contribution in [1.29, 1.82) is 0 Å². The number of nitrogens with zero attached hydrogens (tertiary/aromatic N) is 2. The van der Waals surface area contributed by atoms with Gasteiger partial charge in [0.05, 0.1) is 5.92 Å². The molecule has 1 fully saturated rings. The van der Waals surface area contributed by atoms with E-state index >= 15 is 0 Å². The topological polar surface area (TPSA) is 38.9 Å². The number of alkyl halides is 3. The maximum Gasteiger partial charge on any atom is 0.391 e. The van der Waals surface area contributed by atoms with Gasteiger partial charge in [-0.05, 0) is 19.3 Å². The number of halogens is 4. The van der Waals surface area contributed by atoms with Crippen LogP contribution in [0.3, 0.4) is 0 Å². The molecule has 1 heterocycles. The van der Waals surface area contributed by atoms with Crippen LogP contribution in [0.25, 0.3) is 0 Å². The molecule has 1 aromatic heterocycles. The van der Waals surface area contributed by atoms with E-state index in [0.29, 0.717) is 22.6 Å². The van der Waals surface area contributed by atoms with Gasteiger partial charge in [-0.15, -0.1) is 10.2 Å². The van der Waals surface area contributed by atoms with Crippen LogP contribution in [-0.4, -0.2) is 16.4 Å². The first-order chi connectivity index (χ1) is 7.47. The Hall–Kier alpha value is -0.340. The van der Waals surface area contributed by atoms with Crippen LogP contribution in [0.4, 0.5) is 13.2 Å². The van der Waals surface area contributed by atoms with Gasteiger partial charge in [0, 0.05) is 28.5 Å². The minimum absolute atomic E-state index is 0.0712. The van der Waals surface area contributed by atoms with Crippen LogP contribution in [0, 0.1) is 9.82 Å². The first kappa shape index (κ1) is 12.1. The fourth-order valence-electron chi connectivity index (χ4n) is 2.09. The number of hydrogen-bond acceptors (Lipinski definition) is 3. The fourth-order valence-corrected chi connectivity index (χ4v) is 2.43. The minimum atomic E-state index is -4.11. The quantitative estimate of drug-likeness (QED) is 0.731. The molecule has 1 aliphatic carbocycles. The van der Waals surface area contributed by atoms with Crippen LogP contribution in [0.5, 0.6) is 0 Å². The summed E-state index contributed by atoms with van der Waals surface area (Å²) in [7, 11) is 0. The van der Waals surface area contributed by atoms with E-state index in [1.807, 2.05) is 22.6 Å². The van der Waals surface area contributed by atoms with Crippen molar-refractivity contribution in [2.75, 3.05) is 0 Å². The minimum Gasteiger partial charge on any atom is -0.416 e. The van der Waals surface area contributed by atoms with E-state index in [4.69, 9.17) is 4.42 Å². The highest BCUT2D eigenvalue weighted by atomic mass is 127. The van der Waals surface area contributed by atoms with Gasteiger partial charge in [0.25, 0.3) is 3.90 Å². The lowest BCUT2D eigenvalue weighted by Crippen LogP contribution is -2.28. The van der Waals surface area contributed by atoms with Gasteiger partial charge in [-0.2, -0.15) is 13.2 Å². The molecule has 1 aliphatic rings. The van der Waals surface area contributed by atoms with Gasteiger partial charge in [0.15, 0.2) is 0 Å². The van der Waals surface area contributed by atoms with Gasteiger partial charge < -0.3 is 4.42 Å². The van der Waals surface area contributed by atoms with Crippen LogP contribution in [0.15, 0.2) is 4.42 Å². The molecule has 0 spiro atoms. The van der Waals surface area contributed by atoms with Crippen molar-refractivity contribution in [1.82, 2.24) is 10.2 Å². The molecule has 1 aromatic rings. The Bertz CT molecular complexity index is 366. The lowest BCUT2D eigenvalue weighted by molar-refractivity contribution is -0.183. The monoisotopic (exact) mass is 346 g/mol. The summed E-state index contributed by atoms with van der Waals surface area (Å²) in [5.74, 6) is -1.12. The second-order valence-electron chi connectivity index (χ2n) is 4.00. The van der Waals surface area contributed by atoms with Gasteiger partial charge in [-0.1, -0.05) is 6.42 Å². The molecule has 0 aliphatic heterocycles.